The molecule has 1 N–H and O–H groups in total. The summed E-state index contributed by atoms with van der Waals surface area (Å²) in [4.78, 5) is 2.26. The first kappa shape index (κ1) is 13.6. The number of rotatable bonds is 4. The van der Waals surface area contributed by atoms with Gasteiger partial charge in [-0.1, -0.05) is 6.07 Å². The Kier molecular flexibility index (Phi) is 3.48. The van der Waals surface area contributed by atoms with Gasteiger partial charge in [-0.3, -0.25) is 9.58 Å². The molecule has 1 aromatic heterocycles. The minimum atomic E-state index is 0.322. The van der Waals surface area contributed by atoms with Crippen molar-refractivity contribution in [3.63, 3.8) is 0 Å². The van der Waals surface area contributed by atoms with Crippen LogP contribution < -0.4 is 14.8 Å². The molecule has 22 heavy (non-hydrogen) atoms. The highest BCUT2D eigenvalue weighted by molar-refractivity contribution is 5.44. The summed E-state index contributed by atoms with van der Waals surface area (Å²) in [5.74, 6) is 1.68. The summed E-state index contributed by atoms with van der Waals surface area (Å²) < 4.78 is 12.9. The molecule has 6 nitrogen and oxygen atoms in total. The maximum absolute atomic E-state index is 5.43. The van der Waals surface area contributed by atoms with Gasteiger partial charge in [0.05, 0.1) is 17.9 Å². The van der Waals surface area contributed by atoms with Crippen LogP contribution in [0.4, 0.5) is 0 Å². The minimum Gasteiger partial charge on any atom is -0.454 e. The maximum Gasteiger partial charge on any atom is 0.231 e. The van der Waals surface area contributed by atoms with E-state index < -0.39 is 0 Å². The lowest BCUT2D eigenvalue weighted by Crippen LogP contribution is -2.28. The lowest BCUT2D eigenvalue weighted by Gasteiger charge is -2.15. The molecule has 0 saturated heterocycles. The van der Waals surface area contributed by atoms with E-state index in [4.69, 9.17) is 9.47 Å². The molecule has 0 unspecified atom stereocenters. The molecular weight excluding hydrogens is 280 g/mol. The third kappa shape index (κ3) is 2.67. The quantitative estimate of drug-likeness (QED) is 0.923. The average molecular weight is 300 g/mol. The Morgan fingerprint density at radius 2 is 2.14 bits per heavy atom. The van der Waals surface area contributed by atoms with Crippen molar-refractivity contribution in [2.75, 3.05) is 20.4 Å². The first-order chi connectivity index (χ1) is 10.8. The van der Waals surface area contributed by atoms with Gasteiger partial charge in [0.1, 0.15) is 0 Å². The molecule has 2 aliphatic rings. The summed E-state index contributed by atoms with van der Waals surface area (Å²) in [5.41, 5.74) is 3.62. The maximum atomic E-state index is 5.43. The van der Waals surface area contributed by atoms with Gasteiger partial charge in [0.15, 0.2) is 11.5 Å². The molecule has 0 bridgehead atoms. The number of hydrogen-bond donors (Lipinski definition) is 1. The van der Waals surface area contributed by atoms with E-state index in [0.29, 0.717) is 6.79 Å². The normalized spacial score (nSPS) is 16.1. The van der Waals surface area contributed by atoms with Crippen LogP contribution in [0.25, 0.3) is 0 Å². The van der Waals surface area contributed by atoms with E-state index >= 15 is 0 Å². The number of benzene rings is 1. The van der Waals surface area contributed by atoms with E-state index in [-0.39, 0.29) is 0 Å². The van der Waals surface area contributed by atoms with Crippen LogP contribution in [0, 0.1) is 0 Å². The molecule has 0 radical (unpaired) electrons. The van der Waals surface area contributed by atoms with E-state index in [1.165, 1.54) is 11.3 Å². The van der Waals surface area contributed by atoms with Crippen molar-refractivity contribution in [2.45, 2.75) is 26.2 Å². The van der Waals surface area contributed by atoms with Crippen molar-refractivity contribution < 1.29 is 9.47 Å². The van der Waals surface area contributed by atoms with Gasteiger partial charge in [0.2, 0.25) is 6.79 Å². The highest BCUT2D eigenvalue weighted by Gasteiger charge is 2.15. The third-order valence-corrected chi connectivity index (χ3v) is 4.04. The van der Waals surface area contributed by atoms with E-state index in [1.54, 1.807) is 0 Å². The molecule has 0 saturated carbocycles. The molecule has 0 spiro atoms. The zero-order valence-electron chi connectivity index (χ0n) is 12.7. The molecule has 0 aliphatic carbocycles. The third-order valence-electron chi connectivity index (χ3n) is 4.04. The van der Waals surface area contributed by atoms with Crippen LogP contribution in [0.1, 0.15) is 17.0 Å². The SMILES string of the molecule is CN(Cc1ccc2c(c1)OCO2)Cc1cc2n(n1)CCNC2. The van der Waals surface area contributed by atoms with Gasteiger partial charge in [-0.15, -0.1) is 0 Å². The van der Waals surface area contributed by atoms with Crippen molar-refractivity contribution in [2.24, 2.45) is 0 Å². The van der Waals surface area contributed by atoms with Crippen LogP contribution >= 0.6 is 0 Å². The van der Waals surface area contributed by atoms with Crippen LogP contribution in [0.2, 0.25) is 0 Å². The van der Waals surface area contributed by atoms with Crippen molar-refractivity contribution in [3.8, 4) is 11.5 Å². The van der Waals surface area contributed by atoms with Crippen LogP contribution in [-0.2, 0) is 26.2 Å². The van der Waals surface area contributed by atoms with Gasteiger partial charge in [-0.05, 0) is 30.8 Å². The minimum absolute atomic E-state index is 0.322. The van der Waals surface area contributed by atoms with Gasteiger partial charge in [0.25, 0.3) is 0 Å². The summed E-state index contributed by atoms with van der Waals surface area (Å²) in [7, 11) is 2.11. The molecule has 6 heteroatoms. The Labute approximate surface area is 129 Å². The van der Waals surface area contributed by atoms with Gasteiger partial charge in [-0.25, -0.2) is 0 Å². The predicted molar refractivity (Wildman–Crippen MR) is 81.7 cm³/mol. The van der Waals surface area contributed by atoms with Crippen LogP contribution in [0.3, 0.4) is 0 Å². The first-order valence-electron chi connectivity index (χ1n) is 7.61. The molecule has 1 aromatic carbocycles. The van der Waals surface area contributed by atoms with E-state index in [0.717, 1.165) is 49.9 Å². The lowest BCUT2D eigenvalue weighted by molar-refractivity contribution is 0.174. The zero-order valence-corrected chi connectivity index (χ0v) is 12.7. The van der Waals surface area contributed by atoms with Crippen molar-refractivity contribution in [3.05, 3.63) is 41.2 Å². The molecular formula is C16H20N4O2. The number of nitrogens with zero attached hydrogens (tertiary/aromatic N) is 3. The molecule has 0 atom stereocenters. The van der Waals surface area contributed by atoms with Crippen LogP contribution in [-0.4, -0.2) is 35.1 Å². The highest BCUT2D eigenvalue weighted by Crippen LogP contribution is 2.32. The van der Waals surface area contributed by atoms with Gasteiger partial charge < -0.3 is 14.8 Å². The highest BCUT2D eigenvalue weighted by atomic mass is 16.7. The summed E-state index contributed by atoms with van der Waals surface area (Å²) in [6.45, 7) is 4.90. The zero-order chi connectivity index (χ0) is 14.9. The smallest absolute Gasteiger partial charge is 0.231 e. The first-order valence-corrected chi connectivity index (χ1v) is 7.61. The fraction of sp³-hybridized carbons (Fsp3) is 0.438. The molecule has 0 fully saturated rings. The second-order valence-corrected chi connectivity index (χ2v) is 5.89. The van der Waals surface area contributed by atoms with Gasteiger partial charge in [0, 0.05) is 26.2 Å². The molecule has 2 aromatic rings. The second kappa shape index (κ2) is 5.62. The average Bonchev–Trinajstić information content (AvgIpc) is 3.11. The van der Waals surface area contributed by atoms with Crippen molar-refractivity contribution in [1.82, 2.24) is 20.0 Å². The van der Waals surface area contributed by atoms with Crippen molar-refractivity contribution in [1.29, 1.82) is 0 Å². The van der Waals surface area contributed by atoms with E-state index in [1.807, 2.05) is 6.07 Å². The van der Waals surface area contributed by atoms with Crippen LogP contribution in [0.5, 0.6) is 11.5 Å². The Morgan fingerprint density at radius 1 is 1.23 bits per heavy atom. The number of fused-ring (bicyclic) bond motifs is 2. The van der Waals surface area contributed by atoms with Gasteiger partial charge >= 0.3 is 0 Å². The monoisotopic (exact) mass is 300 g/mol. The number of hydrogen-bond acceptors (Lipinski definition) is 5. The standard InChI is InChI=1S/C16H20N4O2/c1-19(9-12-2-3-15-16(6-12)22-11-21-15)10-13-7-14-8-17-4-5-20(14)18-13/h2-3,6-7,17H,4-5,8-11H2,1H3. The Bertz CT molecular complexity index is 659. The fourth-order valence-corrected chi connectivity index (χ4v) is 3.01. The number of nitrogens with one attached hydrogen (secondary N) is 1. The molecule has 3 heterocycles. The van der Waals surface area contributed by atoms with Gasteiger partial charge in [-0.2, -0.15) is 5.10 Å². The van der Waals surface area contributed by atoms with Crippen molar-refractivity contribution >= 4 is 0 Å². The largest absolute Gasteiger partial charge is 0.454 e. The number of aromatic nitrogens is 2. The fourth-order valence-electron chi connectivity index (χ4n) is 3.01. The number of ether oxygens (including phenoxy) is 2. The summed E-state index contributed by atoms with van der Waals surface area (Å²) in [5, 5.41) is 8.05. The molecule has 4 rings (SSSR count). The predicted octanol–water partition coefficient (Wildman–Crippen LogP) is 1.35. The Hall–Kier alpha value is -2.05. The van der Waals surface area contributed by atoms with Crippen LogP contribution in [0.15, 0.2) is 24.3 Å². The van der Waals surface area contributed by atoms with E-state index in [9.17, 15) is 0 Å². The second-order valence-electron chi connectivity index (χ2n) is 5.89. The Morgan fingerprint density at radius 3 is 3.05 bits per heavy atom. The molecule has 2 aliphatic heterocycles. The molecule has 0 amide bonds. The van der Waals surface area contributed by atoms with E-state index in [2.05, 4.69) is 45.2 Å². The Balaban J connectivity index is 1.42. The summed E-state index contributed by atoms with van der Waals surface area (Å²) in [6, 6.07) is 8.32. The topological polar surface area (TPSA) is 51.6 Å². The summed E-state index contributed by atoms with van der Waals surface area (Å²) in [6.07, 6.45) is 0. The lowest BCUT2D eigenvalue weighted by atomic mass is 10.2. The molecule has 116 valence electrons. The summed E-state index contributed by atoms with van der Waals surface area (Å²) >= 11 is 0.